The molecule has 2 aromatic rings. The summed E-state index contributed by atoms with van der Waals surface area (Å²) in [5, 5.41) is 21.5. The molecule has 0 radical (unpaired) electrons. The van der Waals surface area contributed by atoms with Gasteiger partial charge < -0.3 is 39.5 Å². The maximum atomic E-state index is 13.8. The second kappa shape index (κ2) is 18.8. The van der Waals surface area contributed by atoms with E-state index in [0.29, 0.717) is 48.9 Å². The van der Waals surface area contributed by atoms with Gasteiger partial charge in [-0.3, -0.25) is 9.59 Å². The first kappa shape index (κ1) is 39.6. The number of ether oxygens (including phenoxy) is 3. The number of aliphatic hydroxyl groups excluding tert-OH is 1. The molecule has 14 heteroatoms. The number of carbonyl (C=O) groups is 3. The molecule has 1 aliphatic carbocycles. The predicted molar refractivity (Wildman–Crippen MR) is 176 cm³/mol. The summed E-state index contributed by atoms with van der Waals surface area (Å²) in [6.07, 6.45) is -0.892. The smallest absolute Gasteiger partial charge is 0.490 e. The van der Waals surface area contributed by atoms with E-state index in [-0.39, 0.29) is 36.0 Å². The molecular formula is C35H48F3N3O8. The van der Waals surface area contributed by atoms with Crippen molar-refractivity contribution in [2.45, 2.75) is 88.8 Å². The van der Waals surface area contributed by atoms with E-state index in [9.17, 15) is 27.9 Å². The number of nitrogens with zero attached hydrogens (tertiary/aromatic N) is 2. The van der Waals surface area contributed by atoms with Crippen LogP contribution in [-0.2, 0) is 14.3 Å². The molecule has 0 bridgehead atoms. The van der Waals surface area contributed by atoms with Crippen LogP contribution in [0.25, 0.3) is 0 Å². The van der Waals surface area contributed by atoms with Crippen molar-refractivity contribution in [3.8, 4) is 11.5 Å². The van der Waals surface area contributed by atoms with Crippen molar-refractivity contribution in [2.75, 3.05) is 40.5 Å². The fraction of sp³-hybridized carbons (Fsp3) is 0.571. The highest BCUT2D eigenvalue weighted by molar-refractivity contribution is 5.95. The second-order valence-corrected chi connectivity index (χ2v) is 12.4. The number of aliphatic carboxylic acids is 1. The first-order valence-corrected chi connectivity index (χ1v) is 16.5. The summed E-state index contributed by atoms with van der Waals surface area (Å²) >= 11 is 0. The Balaban J connectivity index is 0.000000838. The molecule has 11 nitrogen and oxygen atoms in total. The predicted octanol–water partition coefficient (Wildman–Crippen LogP) is 4.83. The lowest BCUT2D eigenvalue weighted by molar-refractivity contribution is -0.192. The number of carbonyl (C=O) groups excluding carboxylic acids is 2. The molecule has 2 amide bonds. The van der Waals surface area contributed by atoms with Crippen molar-refractivity contribution in [1.82, 2.24) is 15.1 Å². The van der Waals surface area contributed by atoms with E-state index in [4.69, 9.17) is 24.1 Å². The van der Waals surface area contributed by atoms with Crippen LogP contribution in [0.2, 0.25) is 0 Å². The summed E-state index contributed by atoms with van der Waals surface area (Å²) in [6.45, 7) is 6.47. The lowest BCUT2D eigenvalue weighted by atomic mass is 9.95. The largest absolute Gasteiger partial charge is 0.493 e. The maximum Gasteiger partial charge on any atom is 0.490 e. The van der Waals surface area contributed by atoms with Gasteiger partial charge in [-0.15, -0.1) is 0 Å². The molecule has 2 aliphatic rings. The van der Waals surface area contributed by atoms with Crippen molar-refractivity contribution < 1.29 is 52.0 Å². The van der Waals surface area contributed by atoms with E-state index in [2.05, 4.69) is 5.32 Å². The first-order valence-electron chi connectivity index (χ1n) is 16.5. The Bertz CT molecular complexity index is 1350. The molecule has 3 N–H and O–H groups in total. The highest BCUT2D eigenvalue weighted by Gasteiger charge is 2.39. The van der Waals surface area contributed by atoms with Crippen LogP contribution in [0, 0.1) is 0 Å². The monoisotopic (exact) mass is 695 g/mol. The summed E-state index contributed by atoms with van der Waals surface area (Å²) < 4.78 is 48.2. The number of carboxylic acid groups (broad SMARTS) is 1. The van der Waals surface area contributed by atoms with Crippen LogP contribution < -0.4 is 14.8 Å². The average Bonchev–Trinajstić information content (AvgIpc) is 3.92. The normalized spacial score (nSPS) is 18.1. The summed E-state index contributed by atoms with van der Waals surface area (Å²) in [5.74, 6) is -1.85. The number of carboxylic acids is 1. The number of hydrogen-bond donors (Lipinski definition) is 3. The minimum atomic E-state index is -5.08. The molecule has 0 spiro atoms. The Kier molecular flexibility index (Phi) is 15.1. The molecule has 0 aromatic heterocycles. The van der Waals surface area contributed by atoms with Crippen molar-refractivity contribution >= 4 is 17.8 Å². The molecule has 1 saturated heterocycles. The zero-order valence-electron chi connectivity index (χ0n) is 28.4. The Morgan fingerprint density at radius 1 is 0.959 bits per heavy atom. The highest BCUT2D eigenvalue weighted by atomic mass is 19.4. The van der Waals surface area contributed by atoms with Crippen LogP contribution in [0.4, 0.5) is 13.2 Å². The number of alkyl halides is 3. The Hall–Kier alpha value is -3.88. The van der Waals surface area contributed by atoms with Gasteiger partial charge in [-0.25, -0.2) is 4.79 Å². The fourth-order valence-corrected chi connectivity index (χ4v) is 5.75. The van der Waals surface area contributed by atoms with Gasteiger partial charge in [0.2, 0.25) is 0 Å². The Morgan fingerprint density at radius 3 is 2.14 bits per heavy atom. The van der Waals surface area contributed by atoms with Crippen LogP contribution >= 0.6 is 0 Å². The van der Waals surface area contributed by atoms with Crippen molar-refractivity contribution in [3.63, 3.8) is 0 Å². The minimum absolute atomic E-state index is 0.0245. The third-order valence-electron chi connectivity index (χ3n) is 8.42. The number of hydrogen-bond acceptors (Lipinski definition) is 8. The standard InChI is InChI=1S/C33H47N3O6.C2HF3O2/c1-23(2)36(32(38)25-11-16-29(41-4)30(21-25)42-20-8-19-40-3)28-13-12-26(34-22-28)17-18-35(27-14-15-27)33(39)31(37)24-9-6-5-7-10-24;3-2(4,5)1(6)7/h5-7,9-11,16,21,23,26-28,31,34,37H,8,12-15,17-20,22H2,1-4H3;(H,6,7)/t26-,28-,31-;/m1./s1. The minimum Gasteiger partial charge on any atom is -0.493 e. The van der Waals surface area contributed by atoms with Gasteiger partial charge in [0.1, 0.15) is 0 Å². The zero-order valence-corrected chi connectivity index (χ0v) is 28.4. The number of piperidine rings is 1. The third-order valence-corrected chi connectivity index (χ3v) is 8.42. The maximum absolute atomic E-state index is 13.8. The molecule has 1 heterocycles. The van der Waals surface area contributed by atoms with Gasteiger partial charge in [-0.2, -0.15) is 13.2 Å². The van der Waals surface area contributed by atoms with E-state index in [1.54, 1.807) is 44.6 Å². The van der Waals surface area contributed by atoms with Crippen LogP contribution in [-0.4, -0.2) is 109 Å². The first-order chi connectivity index (χ1) is 23.3. The number of benzene rings is 2. The van der Waals surface area contributed by atoms with Gasteiger partial charge in [-0.05, 0) is 69.7 Å². The van der Waals surface area contributed by atoms with E-state index < -0.39 is 18.2 Å². The van der Waals surface area contributed by atoms with Gasteiger partial charge in [0, 0.05) is 63.0 Å². The van der Waals surface area contributed by atoms with Crippen molar-refractivity contribution in [3.05, 3.63) is 59.7 Å². The topological polar surface area (TPSA) is 138 Å². The molecule has 272 valence electrons. The third kappa shape index (κ3) is 11.9. The van der Waals surface area contributed by atoms with Crippen molar-refractivity contribution in [1.29, 1.82) is 0 Å². The second-order valence-electron chi connectivity index (χ2n) is 12.4. The summed E-state index contributed by atoms with van der Waals surface area (Å²) in [6, 6.07) is 15.1. The van der Waals surface area contributed by atoms with Gasteiger partial charge in [0.25, 0.3) is 11.8 Å². The summed E-state index contributed by atoms with van der Waals surface area (Å²) in [5.41, 5.74) is 1.20. The molecule has 2 fully saturated rings. The van der Waals surface area contributed by atoms with E-state index in [1.165, 1.54) is 0 Å². The van der Waals surface area contributed by atoms with Crippen LogP contribution in [0.1, 0.15) is 74.4 Å². The summed E-state index contributed by atoms with van der Waals surface area (Å²) in [7, 11) is 3.25. The molecule has 1 saturated carbocycles. The molecule has 2 aromatic carbocycles. The van der Waals surface area contributed by atoms with Gasteiger partial charge in [0.15, 0.2) is 17.6 Å². The lowest BCUT2D eigenvalue weighted by Crippen LogP contribution is -2.54. The SMILES string of the molecule is COCCCOc1cc(C(=O)N(C(C)C)[C@@H]2CC[C@H](CCN(C(=O)[C@H](O)c3ccccc3)C3CC3)NC2)ccc1OC.O=C(O)C(F)(F)F. The van der Waals surface area contributed by atoms with Gasteiger partial charge in [-0.1, -0.05) is 30.3 Å². The number of methoxy groups -OCH3 is 2. The van der Waals surface area contributed by atoms with Crippen LogP contribution in [0.15, 0.2) is 48.5 Å². The van der Waals surface area contributed by atoms with E-state index in [0.717, 1.165) is 38.5 Å². The van der Waals surface area contributed by atoms with E-state index >= 15 is 0 Å². The molecule has 1 aliphatic heterocycles. The molecule has 4 rings (SSSR count). The van der Waals surface area contributed by atoms with Crippen LogP contribution in [0.3, 0.4) is 0 Å². The zero-order chi connectivity index (χ0) is 36.1. The average molecular weight is 696 g/mol. The van der Waals surface area contributed by atoms with E-state index in [1.807, 2.05) is 41.8 Å². The lowest BCUT2D eigenvalue weighted by Gasteiger charge is -2.40. The number of halogens is 3. The number of aliphatic hydroxyl groups is 1. The molecule has 0 unspecified atom stereocenters. The van der Waals surface area contributed by atoms with Gasteiger partial charge >= 0.3 is 12.1 Å². The van der Waals surface area contributed by atoms with Crippen LogP contribution in [0.5, 0.6) is 11.5 Å². The quantitative estimate of drug-likeness (QED) is 0.224. The number of amides is 2. The Labute approximate surface area is 285 Å². The molecular weight excluding hydrogens is 647 g/mol. The fourth-order valence-electron chi connectivity index (χ4n) is 5.75. The number of rotatable bonds is 15. The highest BCUT2D eigenvalue weighted by Crippen LogP contribution is 2.32. The molecule has 49 heavy (non-hydrogen) atoms. The van der Waals surface area contributed by atoms with Gasteiger partial charge in [0.05, 0.1) is 13.7 Å². The summed E-state index contributed by atoms with van der Waals surface area (Å²) in [4.78, 5) is 39.7. The van der Waals surface area contributed by atoms with Crippen molar-refractivity contribution in [2.24, 2.45) is 0 Å². The Morgan fingerprint density at radius 2 is 1.61 bits per heavy atom. The number of nitrogens with one attached hydrogen (secondary N) is 1. The molecule has 3 atom stereocenters.